The Hall–Kier alpha value is -2.93. The Bertz CT molecular complexity index is 955. The third kappa shape index (κ3) is 4.62. The van der Waals surface area contributed by atoms with Gasteiger partial charge in [-0.05, 0) is 60.5 Å². The van der Waals surface area contributed by atoms with Gasteiger partial charge in [0.15, 0.2) is 5.82 Å². The zero-order chi connectivity index (χ0) is 19.2. The van der Waals surface area contributed by atoms with Crippen LogP contribution in [0, 0.1) is 4.77 Å². The van der Waals surface area contributed by atoms with Crippen LogP contribution in [0.2, 0.25) is 0 Å². The van der Waals surface area contributed by atoms with Crippen molar-refractivity contribution in [3.05, 3.63) is 64.4 Å². The summed E-state index contributed by atoms with van der Waals surface area (Å²) in [6.07, 6.45) is 1.75. The summed E-state index contributed by atoms with van der Waals surface area (Å²) < 4.78 is 7.54. The van der Waals surface area contributed by atoms with Gasteiger partial charge in [0, 0.05) is 5.56 Å². The Labute approximate surface area is 163 Å². The van der Waals surface area contributed by atoms with Crippen LogP contribution in [0.4, 0.5) is 0 Å². The summed E-state index contributed by atoms with van der Waals surface area (Å²) in [5.74, 6) is 1.98. The maximum atomic E-state index is 5.47. The molecule has 0 fully saturated rings. The zero-order valence-corrected chi connectivity index (χ0v) is 16.5. The van der Waals surface area contributed by atoms with Gasteiger partial charge in [-0.1, -0.05) is 38.1 Å². The molecule has 1 aromatic heterocycles. The van der Waals surface area contributed by atoms with Crippen molar-refractivity contribution >= 4 is 18.4 Å². The third-order valence-corrected chi connectivity index (χ3v) is 4.34. The summed E-state index contributed by atoms with van der Waals surface area (Å²) in [5, 5.41) is 11.4. The number of hydrogen-bond donors (Lipinski definition) is 2. The van der Waals surface area contributed by atoms with Crippen molar-refractivity contribution in [2.24, 2.45) is 5.10 Å². The van der Waals surface area contributed by atoms with Gasteiger partial charge in [-0.2, -0.15) is 14.9 Å². The van der Waals surface area contributed by atoms with Gasteiger partial charge in [0.2, 0.25) is 4.77 Å². The Balaban J connectivity index is 1.75. The van der Waals surface area contributed by atoms with E-state index in [1.165, 1.54) is 5.56 Å². The lowest BCUT2D eigenvalue weighted by Crippen LogP contribution is -2.10. The first-order chi connectivity index (χ1) is 13.1. The first-order valence-corrected chi connectivity index (χ1v) is 9.29. The van der Waals surface area contributed by atoms with Gasteiger partial charge >= 0.3 is 0 Å². The molecule has 140 valence electrons. The number of H-pyrrole nitrogens is 1. The largest absolute Gasteiger partial charge is 0.494 e. The SMILES string of the molecule is CCOc1ccc(-c2n[nH]c(=S)n2N/N=C\c2ccc(C(C)C)cc2)cc1. The number of aromatic nitrogens is 3. The monoisotopic (exact) mass is 381 g/mol. The quantitative estimate of drug-likeness (QED) is 0.353. The first-order valence-electron chi connectivity index (χ1n) is 8.88. The lowest BCUT2D eigenvalue weighted by Gasteiger charge is -2.07. The van der Waals surface area contributed by atoms with Crippen LogP contribution in [-0.4, -0.2) is 27.7 Å². The fourth-order valence-corrected chi connectivity index (χ4v) is 2.75. The standard InChI is InChI=1S/C20H23N5OS/c1-4-26-18-11-9-17(10-12-18)19-22-23-20(27)25(19)24-21-13-15-5-7-16(8-6-15)14(2)3/h5-14,24H,4H2,1-3H3,(H,23,27)/b21-13-. The van der Waals surface area contributed by atoms with Crippen LogP contribution in [0.3, 0.4) is 0 Å². The molecule has 3 aromatic rings. The topological polar surface area (TPSA) is 67.2 Å². The molecule has 6 nitrogen and oxygen atoms in total. The van der Waals surface area contributed by atoms with E-state index in [1.807, 2.05) is 43.3 Å². The highest BCUT2D eigenvalue weighted by molar-refractivity contribution is 7.71. The molecule has 0 amide bonds. The van der Waals surface area contributed by atoms with Crippen molar-refractivity contribution in [2.45, 2.75) is 26.7 Å². The molecular formula is C20H23N5OS. The Morgan fingerprint density at radius 1 is 1.19 bits per heavy atom. The average Bonchev–Trinajstić information content (AvgIpc) is 3.04. The van der Waals surface area contributed by atoms with Crippen molar-refractivity contribution in [1.29, 1.82) is 0 Å². The molecule has 7 heteroatoms. The van der Waals surface area contributed by atoms with E-state index in [4.69, 9.17) is 17.0 Å². The van der Waals surface area contributed by atoms with Crippen LogP contribution in [0.5, 0.6) is 5.75 Å². The third-order valence-electron chi connectivity index (χ3n) is 4.07. The van der Waals surface area contributed by atoms with E-state index >= 15 is 0 Å². The molecule has 0 bridgehead atoms. The zero-order valence-electron chi connectivity index (χ0n) is 15.6. The highest BCUT2D eigenvalue weighted by atomic mass is 32.1. The molecule has 0 aliphatic rings. The molecule has 27 heavy (non-hydrogen) atoms. The minimum Gasteiger partial charge on any atom is -0.494 e. The predicted molar refractivity (Wildman–Crippen MR) is 112 cm³/mol. The summed E-state index contributed by atoms with van der Waals surface area (Å²) in [4.78, 5) is 0. The van der Waals surface area contributed by atoms with Crippen molar-refractivity contribution in [3.8, 4) is 17.1 Å². The van der Waals surface area contributed by atoms with Crippen LogP contribution in [-0.2, 0) is 0 Å². The fraction of sp³-hybridized carbons (Fsp3) is 0.250. The summed E-state index contributed by atoms with van der Waals surface area (Å²) in [7, 11) is 0. The van der Waals surface area contributed by atoms with E-state index in [-0.39, 0.29) is 0 Å². The van der Waals surface area contributed by atoms with Gasteiger partial charge in [-0.15, -0.1) is 0 Å². The number of nitrogens with zero attached hydrogens (tertiary/aromatic N) is 3. The molecule has 2 N–H and O–H groups in total. The number of hydrazone groups is 1. The van der Waals surface area contributed by atoms with Crippen molar-refractivity contribution < 1.29 is 4.74 Å². The van der Waals surface area contributed by atoms with E-state index in [9.17, 15) is 0 Å². The maximum absolute atomic E-state index is 5.47. The molecule has 3 rings (SSSR count). The second-order valence-corrected chi connectivity index (χ2v) is 6.71. The van der Waals surface area contributed by atoms with Crippen LogP contribution >= 0.6 is 12.2 Å². The van der Waals surface area contributed by atoms with Crippen LogP contribution < -0.4 is 10.3 Å². The van der Waals surface area contributed by atoms with Crippen molar-refractivity contribution in [3.63, 3.8) is 0 Å². The number of hydrogen-bond acceptors (Lipinski definition) is 5. The second-order valence-electron chi connectivity index (χ2n) is 6.32. The van der Waals surface area contributed by atoms with Crippen LogP contribution in [0.1, 0.15) is 37.8 Å². The van der Waals surface area contributed by atoms with Gasteiger partial charge in [-0.25, -0.2) is 10.6 Å². The lowest BCUT2D eigenvalue weighted by molar-refractivity contribution is 0.340. The second kappa shape index (κ2) is 8.64. The maximum Gasteiger partial charge on any atom is 0.216 e. The smallest absolute Gasteiger partial charge is 0.216 e. The number of aromatic amines is 1. The number of benzene rings is 2. The highest BCUT2D eigenvalue weighted by Crippen LogP contribution is 2.20. The predicted octanol–water partition coefficient (Wildman–Crippen LogP) is 4.71. The molecule has 0 saturated carbocycles. The molecule has 1 heterocycles. The molecule has 0 radical (unpaired) electrons. The molecule has 0 saturated heterocycles. The van der Waals surface area contributed by atoms with Gasteiger partial charge in [0.25, 0.3) is 0 Å². The molecule has 0 aliphatic carbocycles. The molecular weight excluding hydrogens is 358 g/mol. The fourth-order valence-electron chi connectivity index (χ4n) is 2.58. The normalized spacial score (nSPS) is 11.3. The van der Waals surface area contributed by atoms with E-state index in [1.54, 1.807) is 10.9 Å². The minimum atomic E-state index is 0.436. The van der Waals surface area contributed by atoms with E-state index < -0.39 is 0 Å². The molecule has 0 aliphatic heterocycles. The van der Waals surface area contributed by atoms with Crippen LogP contribution in [0.15, 0.2) is 53.6 Å². The van der Waals surface area contributed by atoms with Gasteiger partial charge in [-0.3, -0.25) is 0 Å². The summed E-state index contributed by atoms with van der Waals surface area (Å²) in [6, 6.07) is 16.0. The Kier molecular flexibility index (Phi) is 6.03. The molecule has 2 aromatic carbocycles. The number of rotatable bonds is 7. The van der Waals surface area contributed by atoms with E-state index in [0.717, 1.165) is 16.9 Å². The number of ether oxygens (including phenoxy) is 1. The Morgan fingerprint density at radius 2 is 1.89 bits per heavy atom. The average molecular weight is 382 g/mol. The van der Waals surface area contributed by atoms with Crippen molar-refractivity contribution in [2.75, 3.05) is 12.1 Å². The summed E-state index contributed by atoms with van der Waals surface area (Å²) in [5.41, 5.74) is 6.15. The number of nitrogens with one attached hydrogen (secondary N) is 2. The van der Waals surface area contributed by atoms with E-state index in [2.05, 4.69) is 46.8 Å². The van der Waals surface area contributed by atoms with Gasteiger partial charge in [0.1, 0.15) is 5.75 Å². The summed E-state index contributed by atoms with van der Waals surface area (Å²) >= 11 is 5.30. The first kappa shape index (κ1) is 18.8. The van der Waals surface area contributed by atoms with Crippen molar-refractivity contribution in [1.82, 2.24) is 14.9 Å². The molecule has 0 spiro atoms. The minimum absolute atomic E-state index is 0.436. The Morgan fingerprint density at radius 3 is 2.52 bits per heavy atom. The summed E-state index contributed by atoms with van der Waals surface area (Å²) in [6.45, 7) is 6.94. The lowest BCUT2D eigenvalue weighted by atomic mass is 10.0. The van der Waals surface area contributed by atoms with Gasteiger partial charge < -0.3 is 4.74 Å². The highest BCUT2D eigenvalue weighted by Gasteiger charge is 2.08. The van der Waals surface area contributed by atoms with Crippen LogP contribution in [0.25, 0.3) is 11.4 Å². The van der Waals surface area contributed by atoms with E-state index in [0.29, 0.717) is 23.1 Å². The van der Waals surface area contributed by atoms with Gasteiger partial charge in [0.05, 0.1) is 12.8 Å². The molecule has 0 unspecified atom stereocenters. The molecule has 0 atom stereocenters.